The van der Waals surface area contributed by atoms with Crippen LogP contribution in [0.25, 0.3) is 0 Å². The molecule has 0 atom stereocenters. The second kappa shape index (κ2) is 7.07. The first-order valence-electron chi connectivity index (χ1n) is 5.66. The summed E-state index contributed by atoms with van der Waals surface area (Å²) >= 11 is 5.01. The van der Waals surface area contributed by atoms with E-state index in [-0.39, 0.29) is 5.91 Å². The first-order chi connectivity index (χ1) is 7.72. The molecule has 0 aliphatic heterocycles. The molecule has 16 heavy (non-hydrogen) atoms. The molecule has 4 heteroatoms. The summed E-state index contributed by atoms with van der Waals surface area (Å²) in [5, 5.41) is 0.946. The van der Waals surface area contributed by atoms with Gasteiger partial charge in [0.25, 0.3) is 5.91 Å². The second-order valence-electron chi connectivity index (χ2n) is 3.55. The summed E-state index contributed by atoms with van der Waals surface area (Å²) in [4.78, 5) is 16.2. The molecule has 0 aromatic carbocycles. The zero-order valence-corrected chi connectivity index (χ0v) is 12.2. The number of carbonyl (C=O) groups excluding carboxylic acids is 1. The number of halogens is 1. The van der Waals surface area contributed by atoms with Crippen LogP contribution in [0.3, 0.4) is 0 Å². The van der Waals surface area contributed by atoms with Crippen LogP contribution < -0.4 is 0 Å². The molecule has 0 aliphatic carbocycles. The maximum atomic E-state index is 12.1. The first kappa shape index (κ1) is 13.7. The standard InChI is InChI=1S/C12H18BrNOS/c1-3-10-6-7-11(16-10)12(15)14(4-2)9-5-8-13/h6-7H,3-5,8-9H2,1-2H3. The summed E-state index contributed by atoms with van der Waals surface area (Å²) in [6.45, 7) is 5.76. The van der Waals surface area contributed by atoms with Crippen molar-refractivity contribution < 1.29 is 4.79 Å². The number of alkyl halides is 1. The van der Waals surface area contributed by atoms with Gasteiger partial charge in [0.15, 0.2) is 0 Å². The number of rotatable bonds is 6. The minimum atomic E-state index is 0.174. The minimum absolute atomic E-state index is 0.174. The Morgan fingerprint density at radius 2 is 2.19 bits per heavy atom. The highest BCUT2D eigenvalue weighted by molar-refractivity contribution is 9.09. The van der Waals surface area contributed by atoms with Crippen molar-refractivity contribution in [2.45, 2.75) is 26.7 Å². The lowest BCUT2D eigenvalue weighted by Gasteiger charge is -2.19. The smallest absolute Gasteiger partial charge is 0.263 e. The van der Waals surface area contributed by atoms with Gasteiger partial charge in [0.05, 0.1) is 4.88 Å². The third-order valence-corrected chi connectivity index (χ3v) is 4.23. The Hall–Kier alpha value is -0.350. The Kier molecular flexibility index (Phi) is 6.06. The van der Waals surface area contributed by atoms with Gasteiger partial charge in [0, 0.05) is 23.3 Å². The number of aryl methyl sites for hydroxylation is 1. The molecule has 0 saturated heterocycles. The van der Waals surface area contributed by atoms with Crippen LogP contribution in [0, 0.1) is 0 Å². The summed E-state index contributed by atoms with van der Waals surface area (Å²) in [5.41, 5.74) is 0. The van der Waals surface area contributed by atoms with Crippen molar-refractivity contribution in [3.63, 3.8) is 0 Å². The molecule has 1 aromatic rings. The Balaban J connectivity index is 2.66. The summed E-state index contributed by atoms with van der Waals surface area (Å²) in [7, 11) is 0. The number of amides is 1. The number of hydrogen-bond donors (Lipinski definition) is 0. The molecule has 2 nitrogen and oxygen atoms in total. The van der Waals surface area contributed by atoms with E-state index in [1.54, 1.807) is 11.3 Å². The molecule has 0 N–H and O–H groups in total. The molecule has 0 unspecified atom stereocenters. The van der Waals surface area contributed by atoms with Crippen molar-refractivity contribution in [2.75, 3.05) is 18.4 Å². The minimum Gasteiger partial charge on any atom is -0.338 e. The maximum Gasteiger partial charge on any atom is 0.263 e. The third-order valence-electron chi connectivity index (χ3n) is 2.45. The van der Waals surface area contributed by atoms with Crippen LogP contribution in [-0.2, 0) is 6.42 Å². The van der Waals surface area contributed by atoms with Gasteiger partial charge in [-0.15, -0.1) is 11.3 Å². The van der Waals surface area contributed by atoms with E-state index in [4.69, 9.17) is 0 Å². The predicted octanol–water partition coefficient (Wildman–Crippen LogP) is 3.56. The van der Waals surface area contributed by atoms with E-state index >= 15 is 0 Å². The Morgan fingerprint density at radius 1 is 1.44 bits per heavy atom. The summed E-state index contributed by atoms with van der Waals surface area (Å²) in [6, 6.07) is 4.00. The average molecular weight is 304 g/mol. The van der Waals surface area contributed by atoms with Gasteiger partial charge in [-0.2, -0.15) is 0 Å². The topological polar surface area (TPSA) is 20.3 Å². The van der Waals surface area contributed by atoms with E-state index in [2.05, 4.69) is 28.9 Å². The van der Waals surface area contributed by atoms with Crippen LogP contribution in [0.2, 0.25) is 0 Å². The Bertz CT molecular complexity index is 338. The molecule has 0 saturated carbocycles. The van der Waals surface area contributed by atoms with Crippen molar-refractivity contribution >= 4 is 33.2 Å². The van der Waals surface area contributed by atoms with E-state index in [1.807, 2.05) is 17.9 Å². The normalized spacial score (nSPS) is 10.4. The molecule has 1 heterocycles. The highest BCUT2D eigenvalue weighted by Crippen LogP contribution is 2.18. The zero-order valence-electron chi connectivity index (χ0n) is 9.83. The molecular formula is C12H18BrNOS. The molecule has 1 rings (SSSR count). The summed E-state index contributed by atoms with van der Waals surface area (Å²) in [5.74, 6) is 0.174. The maximum absolute atomic E-state index is 12.1. The highest BCUT2D eigenvalue weighted by Gasteiger charge is 2.15. The van der Waals surface area contributed by atoms with Gasteiger partial charge in [-0.25, -0.2) is 0 Å². The molecular weight excluding hydrogens is 286 g/mol. The molecule has 0 spiro atoms. The van der Waals surface area contributed by atoms with Crippen LogP contribution in [-0.4, -0.2) is 29.2 Å². The quantitative estimate of drug-likeness (QED) is 0.736. The van der Waals surface area contributed by atoms with Crippen LogP contribution >= 0.6 is 27.3 Å². The first-order valence-corrected chi connectivity index (χ1v) is 7.60. The van der Waals surface area contributed by atoms with Gasteiger partial charge in [-0.1, -0.05) is 22.9 Å². The van der Waals surface area contributed by atoms with Crippen LogP contribution in [0.4, 0.5) is 0 Å². The summed E-state index contributed by atoms with van der Waals surface area (Å²) in [6.07, 6.45) is 2.01. The average Bonchev–Trinajstić information content (AvgIpc) is 2.78. The van der Waals surface area contributed by atoms with Gasteiger partial charge in [-0.3, -0.25) is 4.79 Å². The zero-order chi connectivity index (χ0) is 12.0. The Morgan fingerprint density at radius 3 is 2.69 bits per heavy atom. The number of nitrogens with zero attached hydrogens (tertiary/aromatic N) is 1. The largest absolute Gasteiger partial charge is 0.338 e. The highest BCUT2D eigenvalue weighted by atomic mass is 79.9. The lowest BCUT2D eigenvalue weighted by Crippen LogP contribution is -2.31. The van der Waals surface area contributed by atoms with Crippen molar-refractivity contribution in [3.8, 4) is 0 Å². The van der Waals surface area contributed by atoms with Crippen molar-refractivity contribution in [3.05, 3.63) is 21.9 Å². The molecule has 0 radical (unpaired) electrons. The number of thiophene rings is 1. The third kappa shape index (κ3) is 3.59. The van der Waals surface area contributed by atoms with Crippen molar-refractivity contribution in [2.24, 2.45) is 0 Å². The van der Waals surface area contributed by atoms with Crippen LogP contribution in [0.1, 0.15) is 34.8 Å². The lowest BCUT2D eigenvalue weighted by molar-refractivity contribution is 0.0770. The lowest BCUT2D eigenvalue weighted by atomic mass is 10.3. The monoisotopic (exact) mass is 303 g/mol. The van der Waals surface area contributed by atoms with Crippen LogP contribution in [0.15, 0.2) is 12.1 Å². The molecule has 90 valence electrons. The van der Waals surface area contributed by atoms with Crippen molar-refractivity contribution in [1.82, 2.24) is 4.90 Å². The van der Waals surface area contributed by atoms with Gasteiger partial charge in [-0.05, 0) is 31.9 Å². The van der Waals surface area contributed by atoms with Gasteiger partial charge < -0.3 is 4.90 Å². The molecule has 1 amide bonds. The Labute approximate surface area is 110 Å². The molecule has 0 aliphatic rings. The van der Waals surface area contributed by atoms with E-state index in [0.717, 1.165) is 36.1 Å². The van der Waals surface area contributed by atoms with Gasteiger partial charge in [0.2, 0.25) is 0 Å². The van der Waals surface area contributed by atoms with E-state index in [9.17, 15) is 4.79 Å². The van der Waals surface area contributed by atoms with Crippen molar-refractivity contribution in [1.29, 1.82) is 0 Å². The van der Waals surface area contributed by atoms with Gasteiger partial charge in [0.1, 0.15) is 0 Å². The summed E-state index contributed by atoms with van der Waals surface area (Å²) < 4.78 is 0. The van der Waals surface area contributed by atoms with Gasteiger partial charge >= 0.3 is 0 Å². The van der Waals surface area contributed by atoms with E-state index in [1.165, 1.54) is 4.88 Å². The molecule has 0 fully saturated rings. The molecule has 1 aromatic heterocycles. The van der Waals surface area contributed by atoms with Crippen LogP contribution in [0.5, 0.6) is 0 Å². The van der Waals surface area contributed by atoms with E-state index < -0.39 is 0 Å². The second-order valence-corrected chi connectivity index (χ2v) is 5.51. The number of carbonyl (C=O) groups is 1. The molecule has 0 bridgehead atoms. The predicted molar refractivity (Wildman–Crippen MR) is 73.7 cm³/mol. The fraction of sp³-hybridized carbons (Fsp3) is 0.583. The fourth-order valence-corrected chi connectivity index (χ4v) is 2.66. The fourth-order valence-electron chi connectivity index (χ4n) is 1.49. The number of hydrogen-bond acceptors (Lipinski definition) is 2. The SMILES string of the molecule is CCc1ccc(C(=O)N(CC)CCCBr)s1. The van der Waals surface area contributed by atoms with E-state index in [0.29, 0.717) is 0 Å².